The van der Waals surface area contributed by atoms with Crippen molar-refractivity contribution >= 4 is 35.3 Å². The molecule has 8 heteroatoms. The van der Waals surface area contributed by atoms with Crippen LogP contribution in [0.1, 0.15) is 44.0 Å². The van der Waals surface area contributed by atoms with Crippen molar-refractivity contribution in [3.63, 3.8) is 0 Å². The third-order valence-corrected chi connectivity index (χ3v) is 5.86. The number of rotatable bonds is 6. The molecule has 1 fully saturated rings. The Labute approximate surface area is 170 Å². The maximum absolute atomic E-state index is 12.7. The summed E-state index contributed by atoms with van der Waals surface area (Å²) in [5.74, 6) is 1.87. The molecule has 0 aliphatic carbocycles. The molecule has 2 aromatic rings. The number of hydrogen-bond acceptors (Lipinski definition) is 7. The number of nitrogens with one attached hydrogen (secondary N) is 1. The first-order valence-corrected chi connectivity index (χ1v) is 10.8. The Bertz CT molecular complexity index is 790. The first-order chi connectivity index (χ1) is 13.5. The molecule has 28 heavy (non-hydrogen) atoms. The highest BCUT2D eigenvalue weighted by Crippen LogP contribution is 2.21. The van der Waals surface area contributed by atoms with Gasteiger partial charge in [-0.05, 0) is 38.8 Å². The predicted molar refractivity (Wildman–Crippen MR) is 115 cm³/mol. The molecule has 0 saturated carbocycles. The number of carbonyl (C=O) groups excluding carboxylic acids is 1. The maximum Gasteiger partial charge on any atom is 0.235 e. The lowest BCUT2D eigenvalue weighted by atomic mass is 10.2. The van der Waals surface area contributed by atoms with E-state index in [-0.39, 0.29) is 17.1 Å². The lowest BCUT2D eigenvalue weighted by Gasteiger charge is -2.23. The standard InChI is InChI=1S/C20H28N6OS/c1-14-7-9-16(10-8-14)22-20-24-17(23-19(21)25-20)13-28-15(2)18(27)26-11-5-3-4-6-12-26/h7-10,15H,3-6,11-13H2,1-2H3,(H3,21,22,23,24,25)/t15-/m0/s1. The zero-order valence-electron chi connectivity index (χ0n) is 16.5. The van der Waals surface area contributed by atoms with Gasteiger partial charge in [0.1, 0.15) is 5.82 Å². The molecule has 0 spiro atoms. The molecule has 1 aliphatic heterocycles. The molecule has 150 valence electrons. The van der Waals surface area contributed by atoms with Crippen LogP contribution in [0.3, 0.4) is 0 Å². The van der Waals surface area contributed by atoms with Gasteiger partial charge in [0.25, 0.3) is 0 Å². The van der Waals surface area contributed by atoms with Crippen molar-refractivity contribution in [2.45, 2.75) is 50.5 Å². The first kappa shape index (κ1) is 20.4. The van der Waals surface area contributed by atoms with Crippen LogP contribution < -0.4 is 11.1 Å². The molecule has 0 unspecified atom stereocenters. The number of hydrogen-bond donors (Lipinski definition) is 2. The van der Waals surface area contributed by atoms with Crippen molar-refractivity contribution in [2.24, 2.45) is 0 Å². The lowest BCUT2D eigenvalue weighted by molar-refractivity contribution is -0.130. The fourth-order valence-corrected chi connectivity index (χ4v) is 3.96. The summed E-state index contributed by atoms with van der Waals surface area (Å²) in [6, 6.07) is 7.96. The minimum Gasteiger partial charge on any atom is -0.368 e. The smallest absolute Gasteiger partial charge is 0.235 e. The lowest BCUT2D eigenvalue weighted by Crippen LogP contribution is -2.37. The molecular weight excluding hydrogens is 372 g/mol. The topological polar surface area (TPSA) is 97.0 Å². The van der Waals surface area contributed by atoms with Crippen molar-refractivity contribution in [3.05, 3.63) is 35.7 Å². The summed E-state index contributed by atoms with van der Waals surface area (Å²) in [6.45, 7) is 5.72. The summed E-state index contributed by atoms with van der Waals surface area (Å²) in [6.07, 6.45) is 4.63. The van der Waals surface area contributed by atoms with Gasteiger partial charge in [0, 0.05) is 18.8 Å². The van der Waals surface area contributed by atoms with Crippen molar-refractivity contribution < 1.29 is 4.79 Å². The molecule has 1 aromatic carbocycles. The average Bonchev–Trinajstić information content (AvgIpc) is 2.96. The summed E-state index contributed by atoms with van der Waals surface area (Å²) in [7, 11) is 0. The van der Waals surface area contributed by atoms with E-state index in [0.29, 0.717) is 17.5 Å². The number of benzene rings is 1. The molecule has 1 atom stereocenters. The summed E-state index contributed by atoms with van der Waals surface area (Å²) < 4.78 is 0. The number of nitrogen functional groups attached to an aromatic ring is 1. The second kappa shape index (κ2) is 9.73. The summed E-state index contributed by atoms with van der Waals surface area (Å²) in [5, 5.41) is 3.02. The Kier molecular flexibility index (Phi) is 7.08. The van der Waals surface area contributed by atoms with Gasteiger partial charge in [-0.3, -0.25) is 4.79 Å². The van der Waals surface area contributed by atoms with Crippen molar-refractivity contribution in [1.29, 1.82) is 0 Å². The van der Waals surface area contributed by atoms with Crippen LogP contribution in [0.5, 0.6) is 0 Å². The van der Waals surface area contributed by atoms with E-state index in [1.54, 1.807) is 0 Å². The molecule has 2 heterocycles. The third-order valence-electron chi connectivity index (χ3n) is 4.73. The predicted octanol–water partition coefficient (Wildman–Crippen LogP) is 3.53. The number of carbonyl (C=O) groups is 1. The van der Waals surface area contributed by atoms with E-state index in [4.69, 9.17) is 5.73 Å². The minimum absolute atomic E-state index is 0.135. The quantitative estimate of drug-likeness (QED) is 0.765. The number of anilines is 3. The Hall–Kier alpha value is -2.35. The Morgan fingerprint density at radius 1 is 1.14 bits per heavy atom. The molecule has 1 amide bonds. The highest BCUT2D eigenvalue weighted by molar-refractivity contribution is 7.99. The van der Waals surface area contributed by atoms with Crippen LogP contribution in [-0.4, -0.2) is 44.1 Å². The number of aromatic nitrogens is 3. The van der Waals surface area contributed by atoms with Gasteiger partial charge < -0.3 is 16.0 Å². The van der Waals surface area contributed by atoms with Crippen molar-refractivity contribution in [1.82, 2.24) is 19.9 Å². The molecular formula is C20H28N6OS. The second-order valence-corrected chi connectivity index (χ2v) is 8.45. The van der Waals surface area contributed by atoms with Gasteiger partial charge in [0.05, 0.1) is 11.0 Å². The molecule has 3 rings (SSSR count). The number of amides is 1. The van der Waals surface area contributed by atoms with E-state index in [1.165, 1.54) is 30.2 Å². The van der Waals surface area contributed by atoms with Crippen LogP contribution in [0.25, 0.3) is 0 Å². The fourth-order valence-electron chi connectivity index (χ4n) is 3.14. The molecule has 0 radical (unpaired) electrons. The Morgan fingerprint density at radius 2 is 1.82 bits per heavy atom. The van der Waals surface area contributed by atoms with Gasteiger partial charge in [-0.2, -0.15) is 15.0 Å². The number of thioether (sulfide) groups is 1. The van der Waals surface area contributed by atoms with E-state index >= 15 is 0 Å². The molecule has 1 aliphatic rings. The van der Waals surface area contributed by atoms with Crippen LogP contribution in [-0.2, 0) is 10.5 Å². The van der Waals surface area contributed by atoms with E-state index < -0.39 is 0 Å². The minimum atomic E-state index is -0.135. The molecule has 3 N–H and O–H groups in total. The Morgan fingerprint density at radius 3 is 2.50 bits per heavy atom. The Balaban J connectivity index is 1.59. The number of likely N-dealkylation sites (tertiary alicyclic amines) is 1. The van der Waals surface area contributed by atoms with Crippen LogP contribution >= 0.6 is 11.8 Å². The highest BCUT2D eigenvalue weighted by Gasteiger charge is 2.22. The maximum atomic E-state index is 12.7. The zero-order valence-corrected chi connectivity index (χ0v) is 17.3. The number of nitrogens with zero attached hydrogens (tertiary/aromatic N) is 4. The SMILES string of the molecule is Cc1ccc(Nc2nc(N)nc(CS[C@@H](C)C(=O)N3CCCCCC3)n2)cc1. The molecule has 1 saturated heterocycles. The van der Waals surface area contributed by atoms with Gasteiger partial charge >= 0.3 is 0 Å². The first-order valence-electron chi connectivity index (χ1n) is 9.76. The van der Waals surface area contributed by atoms with Crippen molar-refractivity contribution in [2.75, 3.05) is 24.1 Å². The van der Waals surface area contributed by atoms with Crippen LogP contribution in [0, 0.1) is 6.92 Å². The van der Waals surface area contributed by atoms with Crippen LogP contribution in [0.2, 0.25) is 0 Å². The number of aryl methyl sites for hydroxylation is 1. The molecule has 0 bridgehead atoms. The summed E-state index contributed by atoms with van der Waals surface area (Å²) in [4.78, 5) is 27.5. The van der Waals surface area contributed by atoms with Gasteiger partial charge in [0.2, 0.25) is 17.8 Å². The van der Waals surface area contributed by atoms with E-state index in [0.717, 1.165) is 31.6 Å². The van der Waals surface area contributed by atoms with Gasteiger partial charge in [-0.15, -0.1) is 11.8 Å². The average molecular weight is 401 g/mol. The van der Waals surface area contributed by atoms with Crippen molar-refractivity contribution in [3.8, 4) is 0 Å². The largest absolute Gasteiger partial charge is 0.368 e. The molecule has 7 nitrogen and oxygen atoms in total. The third kappa shape index (κ3) is 5.82. The van der Waals surface area contributed by atoms with Gasteiger partial charge in [-0.1, -0.05) is 30.5 Å². The van der Waals surface area contributed by atoms with E-state index in [1.807, 2.05) is 43.0 Å². The summed E-state index contributed by atoms with van der Waals surface area (Å²) in [5.41, 5.74) is 7.92. The fraction of sp³-hybridized carbons (Fsp3) is 0.500. The summed E-state index contributed by atoms with van der Waals surface area (Å²) >= 11 is 1.54. The second-order valence-electron chi connectivity index (χ2n) is 7.12. The van der Waals surface area contributed by atoms with Crippen LogP contribution in [0.15, 0.2) is 24.3 Å². The zero-order chi connectivity index (χ0) is 19.9. The number of nitrogens with two attached hydrogens (primary N) is 1. The highest BCUT2D eigenvalue weighted by atomic mass is 32.2. The normalized spacial score (nSPS) is 15.7. The van der Waals surface area contributed by atoms with E-state index in [9.17, 15) is 4.79 Å². The monoisotopic (exact) mass is 400 g/mol. The van der Waals surface area contributed by atoms with E-state index in [2.05, 4.69) is 20.3 Å². The van der Waals surface area contributed by atoms with Gasteiger partial charge in [0.15, 0.2) is 0 Å². The van der Waals surface area contributed by atoms with Gasteiger partial charge in [-0.25, -0.2) is 0 Å². The van der Waals surface area contributed by atoms with Crippen LogP contribution in [0.4, 0.5) is 17.6 Å². The molecule has 1 aromatic heterocycles.